The van der Waals surface area contributed by atoms with E-state index in [2.05, 4.69) is 11.4 Å². The standard InChI is InChI=1S/C29H34N2O5S/c1-5-20(2)31(29(33)21-8-6-9-22(16-21)34-3)18-28(32)30-14-12-27-25(13-15-37-27)26(30)19-36-24-11-7-10-23(17-24)35-4/h6-11,13,15-17,20,26H,5,12,14,18-19H2,1-4H3/t20-,26+/m1/s1. The largest absolute Gasteiger partial charge is 0.497 e. The molecule has 1 aliphatic rings. The average Bonchev–Trinajstić information content (AvgIpc) is 3.43. The number of carbonyl (C=O) groups excluding carboxylic acids is 2. The van der Waals surface area contributed by atoms with Crippen molar-refractivity contribution in [2.75, 3.05) is 33.9 Å². The molecule has 0 radical (unpaired) electrons. The van der Waals surface area contributed by atoms with Crippen molar-refractivity contribution in [3.8, 4) is 17.2 Å². The van der Waals surface area contributed by atoms with E-state index in [0.29, 0.717) is 36.0 Å². The smallest absolute Gasteiger partial charge is 0.254 e. The van der Waals surface area contributed by atoms with Crippen molar-refractivity contribution in [2.24, 2.45) is 0 Å². The molecular formula is C29H34N2O5S. The highest BCUT2D eigenvalue weighted by atomic mass is 32.1. The van der Waals surface area contributed by atoms with Gasteiger partial charge in [0.05, 0.1) is 20.3 Å². The van der Waals surface area contributed by atoms with Crippen LogP contribution in [0.4, 0.5) is 0 Å². The van der Waals surface area contributed by atoms with Crippen LogP contribution in [-0.2, 0) is 11.2 Å². The van der Waals surface area contributed by atoms with Crippen molar-refractivity contribution in [3.63, 3.8) is 0 Å². The lowest BCUT2D eigenvalue weighted by molar-refractivity contribution is -0.136. The Morgan fingerprint density at radius 3 is 2.49 bits per heavy atom. The first-order valence-electron chi connectivity index (χ1n) is 12.5. The third-order valence-electron chi connectivity index (χ3n) is 6.87. The molecule has 37 heavy (non-hydrogen) atoms. The average molecular weight is 523 g/mol. The van der Waals surface area contributed by atoms with Crippen molar-refractivity contribution in [3.05, 3.63) is 76.0 Å². The Kier molecular flexibility index (Phi) is 8.71. The number of thiophene rings is 1. The first kappa shape index (κ1) is 26.5. The van der Waals surface area contributed by atoms with E-state index < -0.39 is 0 Å². The number of benzene rings is 2. The monoisotopic (exact) mass is 522 g/mol. The zero-order valence-corrected chi connectivity index (χ0v) is 22.6. The van der Waals surface area contributed by atoms with Crippen LogP contribution in [-0.4, -0.2) is 61.6 Å². The summed E-state index contributed by atoms with van der Waals surface area (Å²) >= 11 is 1.71. The summed E-state index contributed by atoms with van der Waals surface area (Å²) in [4.78, 5) is 32.1. The van der Waals surface area contributed by atoms with Crippen LogP contribution in [0, 0.1) is 0 Å². The highest BCUT2D eigenvalue weighted by Gasteiger charge is 2.34. The van der Waals surface area contributed by atoms with Crippen molar-refractivity contribution in [1.29, 1.82) is 0 Å². The SMILES string of the molecule is CC[C@@H](C)N(CC(=O)N1CCc2sccc2[C@@H]1COc1cccc(OC)c1)C(=O)c1cccc(OC)c1. The second kappa shape index (κ2) is 12.1. The topological polar surface area (TPSA) is 68.3 Å². The van der Waals surface area contributed by atoms with E-state index in [1.165, 1.54) is 4.88 Å². The Bertz CT molecular complexity index is 1230. The van der Waals surface area contributed by atoms with Gasteiger partial charge in [0, 0.05) is 29.1 Å². The van der Waals surface area contributed by atoms with E-state index in [1.54, 1.807) is 54.7 Å². The second-order valence-corrected chi connectivity index (χ2v) is 10.1. The molecule has 1 aliphatic heterocycles. The van der Waals surface area contributed by atoms with Gasteiger partial charge in [-0.2, -0.15) is 0 Å². The maximum absolute atomic E-state index is 13.8. The lowest BCUT2D eigenvalue weighted by atomic mass is 10.00. The number of nitrogens with zero attached hydrogens (tertiary/aromatic N) is 2. The molecular weight excluding hydrogens is 488 g/mol. The number of hydrogen-bond donors (Lipinski definition) is 0. The number of hydrogen-bond acceptors (Lipinski definition) is 6. The summed E-state index contributed by atoms with van der Waals surface area (Å²) in [5.41, 5.74) is 1.62. The predicted octanol–water partition coefficient (Wildman–Crippen LogP) is 5.21. The molecule has 0 saturated carbocycles. The van der Waals surface area contributed by atoms with Gasteiger partial charge in [0.2, 0.25) is 5.91 Å². The van der Waals surface area contributed by atoms with Gasteiger partial charge in [-0.15, -0.1) is 11.3 Å². The molecule has 2 heterocycles. The maximum Gasteiger partial charge on any atom is 0.254 e. The fourth-order valence-corrected chi connectivity index (χ4v) is 5.48. The zero-order valence-electron chi connectivity index (χ0n) is 21.8. The third kappa shape index (κ3) is 6.07. The fourth-order valence-electron chi connectivity index (χ4n) is 4.55. The number of ether oxygens (including phenoxy) is 3. The molecule has 8 heteroatoms. The van der Waals surface area contributed by atoms with E-state index in [1.807, 2.05) is 43.0 Å². The van der Waals surface area contributed by atoms with Crippen LogP contribution in [0.1, 0.15) is 47.1 Å². The number of amides is 2. The molecule has 2 atom stereocenters. The molecule has 2 amide bonds. The molecule has 0 N–H and O–H groups in total. The third-order valence-corrected chi connectivity index (χ3v) is 7.87. The van der Waals surface area contributed by atoms with Gasteiger partial charge in [0.25, 0.3) is 5.91 Å². The minimum atomic E-state index is -0.237. The summed E-state index contributed by atoms with van der Waals surface area (Å²) in [5, 5.41) is 2.06. The minimum absolute atomic E-state index is 0.000179. The Balaban J connectivity index is 1.55. The molecule has 0 fully saturated rings. The lowest BCUT2D eigenvalue weighted by Crippen LogP contribution is -2.49. The Morgan fingerprint density at radius 1 is 1.05 bits per heavy atom. The molecule has 0 aliphatic carbocycles. The number of rotatable bonds is 10. The lowest BCUT2D eigenvalue weighted by Gasteiger charge is -2.38. The summed E-state index contributed by atoms with van der Waals surface area (Å²) < 4.78 is 16.8. The quantitative estimate of drug-likeness (QED) is 0.366. The second-order valence-electron chi connectivity index (χ2n) is 9.06. The van der Waals surface area contributed by atoms with Crippen LogP contribution < -0.4 is 14.2 Å². The Morgan fingerprint density at radius 2 is 1.76 bits per heavy atom. The van der Waals surface area contributed by atoms with Crippen molar-refractivity contribution in [1.82, 2.24) is 9.80 Å². The maximum atomic E-state index is 13.8. The first-order chi connectivity index (χ1) is 17.9. The molecule has 7 nitrogen and oxygen atoms in total. The van der Waals surface area contributed by atoms with Gasteiger partial charge in [-0.1, -0.05) is 19.1 Å². The van der Waals surface area contributed by atoms with Crippen LogP contribution in [0.25, 0.3) is 0 Å². The molecule has 0 bridgehead atoms. The van der Waals surface area contributed by atoms with E-state index in [-0.39, 0.29) is 30.4 Å². The van der Waals surface area contributed by atoms with Gasteiger partial charge in [0.15, 0.2) is 0 Å². The molecule has 2 aromatic carbocycles. The van der Waals surface area contributed by atoms with Gasteiger partial charge in [-0.25, -0.2) is 0 Å². The fraction of sp³-hybridized carbons (Fsp3) is 0.379. The molecule has 0 spiro atoms. The summed E-state index contributed by atoms with van der Waals surface area (Å²) in [5.74, 6) is 1.73. The number of fused-ring (bicyclic) bond motifs is 1. The van der Waals surface area contributed by atoms with Crippen LogP contribution in [0.2, 0.25) is 0 Å². The van der Waals surface area contributed by atoms with Crippen LogP contribution in [0.3, 0.4) is 0 Å². The van der Waals surface area contributed by atoms with Crippen molar-refractivity contribution >= 4 is 23.2 Å². The normalized spacial score (nSPS) is 15.5. The summed E-state index contributed by atoms with van der Waals surface area (Å²) in [6, 6.07) is 16.3. The molecule has 1 aromatic heterocycles. The van der Waals surface area contributed by atoms with Crippen LogP contribution in [0.5, 0.6) is 17.2 Å². The number of methoxy groups -OCH3 is 2. The Labute approximate surface area is 222 Å². The molecule has 3 aromatic rings. The molecule has 0 unspecified atom stereocenters. The van der Waals surface area contributed by atoms with Gasteiger partial charge < -0.3 is 24.0 Å². The van der Waals surface area contributed by atoms with E-state index in [0.717, 1.165) is 18.4 Å². The predicted molar refractivity (Wildman–Crippen MR) is 145 cm³/mol. The van der Waals surface area contributed by atoms with Crippen LogP contribution >= 0.6 is 11.3 Å². The van der Waals surface area contributed by atoms with E-state index >= 15 is 0 Å². The van der Waals surface area contributed by atoms with Gasteiger partial charge in [-0.05, 0) is 67.1 Å². The van der Waals surface area contributed by atoms with Gasteiger partial charge in [-0.3, -0.25) is 9.59 Å². The molecule has 0 saturated heterocycles. The van der Waals surface area contributed by atoms with E-state index in [9.17, 15) is 9.59 Å². The highest BCUT2D eigenvalue weighted by molar-refractivity contribution is 7.10. The van der Waals surface area contributed by atoms with Crippen molar-refractivity contribution in [2.45, 2.75) is 38.8 Å². The molecule has 4 rings (SSSR count). The summed E-state index contributed by atoms with van der Waals surface area (Å²) in [6.07, 6.45) is 1.53. The minimum Gasteiger partial charge on any atom is -0.497 e. The highest BCUT2D eigenvalue weighted by Crippen LogP contribution is 2.34. The van der Waals surface area contributed by atoms with Crippen LogP contribution in [0.15, 0.2) is 60.0 Å². The van der Waals surface area contributed by atoms with Gasteiger partial charge >= 0.3 is 0 Å². The summed E-state index contributed by atoms with van der Waals surface area (Å²) in [6.45, 7) is 4.89. The number of carbonyl (C=O) groups is 2. The van der Waals surface area contributed by atoms with Gasteiger partial charge in [0.1, 0.15) is 30.4 Å². The van der Waals surface area contributed by atoms with Crippen molar-refractivity contribution < 1.29 is 23.8 Å². The zero-order chi connectivity index (χ0) is 26.4. The Hall–Kier alpha value is -3.52. The summed E-state index contributed by atoms with van der Waals surface area (Å²) in [7, 11) is 3.19. The van der Waals surface area contributed by atoms with E-state index in [4.69, 9.17) is 14.2 Å². The first-order valence-corrected chi connectivity index (χ1v) is 13.4. The molecule has 196 valence electrons.